The van der Waals surface area contributed by atoms with Gasteiger partial charge in [-0.25, -0.2) is 0 Å². The molecule has 3 rings (SSSR count). The monoisotopic (exact) mass is 268 g/mol. The summed E-state index contributed by atoms with van der Waals surface area (Å²) in [5, 5.41) is 9.66. The number of hydrogen-bond donors (Lipinski definition) is 1. The second kappa shape index (κ2) is 5.37. The summed E-state index contributed by atoms with van der Waals surface area (Å²) >= 11 is 0. The van der Waals surface area contributed by atoms with Gasteiger partial charge in [0.05, 0.1) is 12.5 Å². The number of aliphatic carboxylic acids is 1. The molecule has 0 fully saturated rings. The van der Waals surface area contributed by atoms with Crippen molar-refractivity contribution in [2.24, 2.45) is 0 Å². The van der Waals surface area contributed by atoms with E-state index in [2.05, 4.69) is 0 Å². The Morgan fingerprint density at radius 1 is 1.10 bits per heavy atom. The standard InChI is InChI=1S/C17H16O3/c18-17(19)16(12-6-2-1-3-7-12)14-10-11-20-15-9-5-4-8-13(14)15/h1-9,14,16H,10-11H2,(H,18,19). The molecule has 1 aliphatic rings. The van der Waals surface area contributed by atoms with Crippen LogP contribution in [0.5, 0.6) is 5.75 Å². The van der Waals surface area contributed by atoms with Crippen molar-refractivity contribution >= 4 is 5.97 Å². The summed E-state index contributed by atoms with van der Waals surface area (Å²) in [6, 6.07) is 17.2. The summed E-state index contributed by atoms with van der Waals surface area (Å²) < 4.78 is 5.63. The summed E-state index contributed by atoms with van der Waals surface area (Å²) in [4.78, 5) is 11.8. The van der Waals surface area contributed by atoms with Gasteiger partial charge in [-0.3, -0.25) is 4.79 Å². The van der Waals surface area contributed by atoms with E-state index in [1.807, 2.05) is 54.6 Å². The topological polar surface area (TPSA) is 46.5 Å². The molecule has 0 radical (unpaired) electrons. The average molecular weight is 268 g/mol. The Kier molecular flexibility index (Phi) is 3.42. The molecule has 2 aromatic rings. The van der Waals surface area contributed by atoms with Crippen LogP contribution in [-0.4, -0.2) is 17.7 Å². The van der Waals surface area contributed by atoms with Gasteiger partial charge in [0, 0.05) is 5.92 Å². The van der Waals surface area contributed by atoms with Crippen molar-refractivity contribution in [1.82, 2.24) is 0 Å². The lowest BCUT2D eigenvalue weighted by Crippen LogP contribution is -2.25. The molecule has 0 saturated carbocycles. The van der Waals surface area contributed by atoms with Crippen LogP contribution in [0, 0.1) is 0 Å². The molecule has 0 aliphatic carbocycles. The fraction of sp³-hybridized carbons (Fsp3) is 0.235. The third-order valence-electron chi connectivity index (χ3n) is 3.83. The molecule has 0 spiro atoms. The Balaban J connectivity index is 2.04. The van der Waals surface area contributed by atoms with E-state index in [9.17, 15) is 9.90 Å². The Labute approximate surface area is 117 Å². The summed E-state index contributed by atoms with van der Waals surface area (Å²) in [5.74, 6) is -0.537. The molecule has 2 atom stereocenters. The summed E-state index contributed by atoms with van der Waals surface area (Å²) in [7, 11) is 0. The Hall–Kier alpha value is -2.29. The first-order valence-corrected chi connectivity index (χ1v) is 6.77. The maximum atomic E-state index is 11.8. The minimum Gasteiger partial charge on any atom is -0.493 e. The van der Waals surface area contributed by atoms with E-state index in [0.29, 0.717) is 6.61 Å². The van der Waals surface area contributed by atoms with Crippen molar-refractivity contribution in [1.29, 1.82) is 0 Å². The first-order chi connectivity index (χ1) is 9.77. The van der Waals surface area contributed by atoms with Crippen molar-refractivity contribution in [3.05, 3.63) is 65.7 Å². The van der Waals surface area contributed by atoms with Gasteiger partial charge in [0.2, 0.25) is 0 Å². The Morgan fingerprint density at radius 3 is 2.55 bits per heavy atom. The molecular weight excluding hydrogens is 252 g/mol. The number of carboxylic acids is 1. The lowest BCUT2D eigenvalue weighted by atomic mass is 9.78. The van der Waals surface area contributed by atoms with Gasteiger partial charge in [0.15, 0.2) is 0 Å². The molecule has 2 aromatic carbocycles. The third kappa shape index (κ3) is 2.27. The highest BCUT2D eigenvalue weighted by molar-refractivity contribution is 5.78. The second-order valence-corrected chi connectivity index (χ2v) is 5.01. The SMILES string of the molecule is O=C(O)C(c1ccccc1)C1CCOc2ccccc21. The lowest BCUT2D eigenvalue weighted by molar-refractivity contribution is -0.139. The summed E-state index contributed by atoms with van der Waals surface area (Å²) in [6.45, 7) is 0.568. The normalized spacial score (nSPS) is 18.7. The number of para-hydroxylation sites is 1. The third-order valence-corrected chi connectivity index (χ3v) is 3.83. The van der Waals surface area contributed by atoms with Crippen LogP contribution in [0.3, 0.4) is 0 Å². The highest BCUT2D eigenvalue weighted by atomic mass is 16.5. The maximum absolute atomic E-state index is 11.8. The van der Waals surface area contributed by atoms with Gasteiger partial charge in [0.25, 0.3) is 0 Å². The molecule has 1 aliphatic heterocycles. The number of hydrogen-bond acceptors (Lipinski definition) is 2. The van der Waals surface area contributed by atoms with E-state index in [4.69, 9.17) is 4.74 Å². The molecule has 0 saturated heterocycles. The van der Waals surface area contributed by atoms with Crippen molar-refractivity contribution in [3.8, 4) is 5.75 Å². The van der Waals surface area contributed by atoms with E-state index >= 15 is 0 Å². The minimum absolute atomic E-state index is 0.0418. The predicted molar refractivity (Wildman–Crippen MR) is 76.1 cm³/mol. The number of rotatable bonds is 3. The van der Waals surface area contributed by atoms with Crippen LogP contribution in [0.25, 0.3) is 0 Å². The first kappa shape index (κ1) is 12.7. The summed E-state index contributed by atoms with van der Waals surface area (Å²) in [6.07, 6.45) is 0.725. The van der Waals surface area contributed by atoms with Gasteiger partial charge in [-0.15, -0.1) is 0 Å². The molecule has 0 aromatic heterocycles. The molecule has 1 heterocycles. The molecular formula is C17H16O3. The molecule has 3 heteroatoms. The van der Waals surface area contributed by atoms with E-state index in [1.165, 1.54) is 0 Å². The Morgan fingerprint density at radius 2 is 1.80 bits per heavy atom. The van der Waals surface area contributed by atoms with Crippen molar-refractivity contribution in [2.75, 3.05) is 6.61 Å². The lowest BCUT2D eigenvalue weighted by Gasteiger charge is -2.30. The molecule has 0 amide bonds. The number of benzene rings is 2. The number of carbonyl (C=O) groups is 1. The molecule has 102 valence electrons. The van der Waals surface area contributed by atoms with E-state index in [0.717, 1.165) is 23.3 Å². The quantitative estimate of drug-likeness (QED) is 0.927. The molecule has 1 N–H and O–H groups in total. The van der Waals surface area contributed by atoms with E-state index < -0.39 is 11.9 Å². The van der Waals surface area contributed by atoms with Gasteiger partial charge in [-0.2, -0.15) is 0 Å². The second-order valence-electron chi connectivity index (χ2n) is 5.01. The maximum Gasteiger partial charge on any atom is 0.311 e. The number of fused-ring (bicyclic) bond motifs is 1. The van der Waals surface area contributed by atoms with Crippen LogP contribution < -0.4 is 4.74 Å². The fourth-order valence-corrected chi connectivity index (χ4v) is 2.92. The van der Waals surface area contributed by atoms with Gasteiger partial charge < -0.3 is 9.84 Å². The number of ether oxygens (including phenoxy) is 1. The van der Waals surface area contributed by atoms with Crippen LogP contribution in [-0.2, 0) is 4.79 Å². The van der Waals surface area contributed by atoms with Gasteiger partial charge >= 0.3 is 5.97 Å². The van der Waals surface area contributed by atoms with Crippen LogP contribution in [0.4, 0.5) is 0 Å². The van der Waals surface area contributed by atoms with Crippen LogP contribution in [0.15, 0.2) is 54.6 Å². The van der Waals surface area contributed by atoms with Crippen molar-refractivity contribution in [3.63, 3.8) is 0 Å². The van der Waals surface area contributed by atoms with Crippen molar-refractivity contribution < 1.29 is 14.6 Å². The predicted octanol–water partition coefficient (Wildman–Crippen LogP) is 3.42. The van der Waals surface area contributed by atoms with Gasteiger partial charge in [-0.05, 0) is 23.6 Å². The number of carboxylic acid groups (broad SMARTS) is 1. The van der Waals surface area contributed by atoms with Crippen LogP contribution in [0.1, 0.15) is 29.4 Å². The van der Waals surface area contributed by atoms with E-state index in [1.54, 1.807) is 0 Å². The summed E-state index contributed by atoms with van der Waals surface area (Å²) in [5.41, 5.74) is 1.84. The zero-order chi connectivity index (χ0) is 13.9. The zero-order valence-corrected chi connectivity index (χ0v) is 11.0. The highest BCUT2D eigenvalue weighted by Crippen LogP contribution is 2.42. The van der Waals surface area contributed by atoms with Crippen LogP contribution >= 0.6 is 0 Å². The minimum atomic E-state index is -0.780. The van der Waals surface area contributed by atoms with Gasteiger partial charge in [-0.1, -0.05) is 48.5 Å². The molecule has 2 unspecified atom stereocenters. The largest absolute Gasteiger partial charge is 0.493 e. The molecule has 3 nitrogen and oxygen atoms in total. The first-order valence-electron chi connectivity index (χ1n) is 6.77. The fourth-order valence-electron chi connectivity index (χ4n) is 2.92. The molecule has 20 heavy (non-hydrogen) atoms. The van der Waals surface area contributed by atoms with Crippen molar-refractivity contribution in [2.45, 2.75) is 18.3 Å². The molecule has 0 bridgehead atoms. The smallest absolute Gasteiger partial charge is 0.311 e. The highest BCUT2D eigenvalue weighted by Gasteiger charge is 2.34. The average Bonchev–Trinajstić information content (AvgIpc) is 2.48. The van der Waals surface area contributed by atoms with Crippen LogP contribution in [0.2, 0.25) is 0 Å². The van der Waals surface area contributed by atoms with Gasteiger partial charge in [0.1, 0.15) is 5.75 Å². The zero-order valence-electron chi connectivity index (χ0n) is 11.0. The van der Waals surface area contributed by atoms with E-state index in [-0.39, 0.29) is 5.92 Å². The Bertz CT molecular complexity index is 607.